The van der Waals surface area contributed by atoms with E-state index >= 15 is 0 Å². The summed E-state index contributed by atoms with van der Waals surface area (Å²) in [6, 6.07) is 10.2. The van der Waals surface area contributed by atoms with E-state index in [1.165, 1.54) is 0 Å². The molecule has 20 heavy (non-hydrogen) atoms. The number of nitrogens with zero attached hydrogens (tertiary/aromatic N) is 1. The van der Waals surface area contributed by atoms with E-state index in [0.717, 1.165) is 18.4 Å². The fraction of sp³-hybridized carbons (Fsp3) is 0.562. The molecule has 1 amide bonds. The van der Waals surface area contributed by atoms with Gasteiger partial charge in [-0.25, -0.2) is 0 Å². The smallest absolute Gasteiger partial charge is 0.241 e. The van der Waals surface area contributed by atoms with E-state index in [2.05, 4.69) is 24.4 Å². The summed E-state index contributed by atoms with van der Waals surface area (Å²) in [5.74, 6) is 0.199. The summed E-state index contributed by atoms with van der Waals surface area (Å²) in [6.07, 6.45) is 1.64. The van der Waals surface area contributed by atoms with Crippen LogP contribution in [0, 0.1) is 0 Å². The number of hydrogen-bond donors (Lipinski definition) is 1. The fourth-order valence-electron chi connectivity index (χ4n) is 2.73. The van der Waals surface area contributed by atoms with Gasteiger partial charge in [0.25, 0.3) is 0 Å². The number of nitrogens with one attached hydrogen (secondary N) is 1. The van der Waals surface area contributed by atoms with Gasteiger partial charge < -0.3 is 9.64 Å². The molecule has 0 radical (unpaired) electrons. The average Bonchev–Trinajstić information content (AvgIpc) is 2.82. The van der Waals surface area contributed by atoms with E-state index < -0.39 is 0 Å². The van der Waals surface area contributed by atoms with Crippen LogP contribution in [0.4, 0.5) is 0 Å². The van der Waals surface area contributed by atoms with Gasteiger partial charge in [0.2, 0.25) is 5.91 Å². The van der Waals surface area contributed by atoms with Gasteiger partial charge in [-0.2, -0.15) is 0 Å². The van der Waals surface area contributed by atoms with Crippen LogP contribution in [0.3, 0.4) is 0 Å². The van der Waals surface area contributed by atoms with E-state index in [0.29, 0.717) is 6.61 Å². The molecule has 0 bridgehead atoms. The normalized spacial score (nSPS) is 24.1. The van der Waals surface area contributed by atoms with Crippen molar-refractivity contribution < 1.29 is 9.53 Å². The van der Waals surface area contributed by atoms with Crippen molar-refractivity contribution in [2.45, 2.75) is 44.9 Å². The summed E-state index contributed by atoms with van der Waals surface area (Å²) in [7, 11) is 1.69. The molecule has 0 saturated carbocycles. The lowest BCUT2D eigenvalue weighted by Crippen LogP contribution is -2.39. The lowest BCUT2D eigenvalue weighted by molar-refractivity contribution is -0.132. The standard InChI is InChI=1S/C16H24N2O2/c1-4-14-16(19)18(12(2)10-11-20-3)15(17-14)13-8-6-5-7-9-13/h5-9,12,14-15,17H,4,10-11H2,1-3H3. The first-order valence-corrected chi connectivity index (χ1v) is 7.31. The molecule has 1 fully saturated rings. The van der Waals surface area contributed by atoms with Crippen molar-refractivity contribution in [1.29, 1.82) is 0 Å². The van der Waals surface area contributed by atoms with Crippen LogP contribution in [0.25, 0.3) is 0 Å². The fourth-order valence-corrected chi connectivity index (χ4v) is 2.73. The summed E-state index contributed by atoms with van der Waals surface area (Å²) >= 11 is 0. The van der Waals surface area contributed by atoms with Crippen LogP contribution in [-0.2, 0) is 9.53 Å². The minimum absolute atomic E-state index is 0.0273. The molecular formula is C16H24N2O2. The Morgan fingerprint density at radius 3 is 2.65 bits per heavy atom. The molecule has 4 nitrogen and oxygen atoms in total. The molecule has 1 aliphatic heterocycles. The lowest BCUT2D eigenvalue weighted by Gasteiger charge is -2.30. The van der Waals surface area contributed by atoms with Gasteiger partial charge in [-0.1, -0.05) is 37.3 Å². The molecule has 4 heteroatoms. The highest BCUT2D eigenvalue weighted by molar-refractivity contribution is 5.84. The quantitative estimate of drug-likeness (QED) is 0.867. The minimum Gasteiger partial charge on any atom is -0.385 e. The highest BCUT2D eigenvalue weighted by Gasteiger charge is 2.40. The summed E-state index contributed by atoms with van der Waals surface area (Å²) in [4.78, 5) is 14.5. The summed E-state index contributed by atoms with van der Waals surface area (Å²) < 4.78 is 5.14. The molecule has 0 aliphatic carbocycles. The number of benzene rings is 1. The molecule has 110 valence electrons. The van der Waals surface area contributed by atoms with Gasteiger partial charge in [-0.05, 0) is 25.3 Å². The topological polar surface area (TPSA) is 41.6 Å². The first-order valence-electron chi connectivity index (χ1n) is 7.31. The molecule has 1 heterocycles. The third-order valence-electron chi connectivity index (χ3n) is 3.93. The van der Waals surface area contributed by atoms with Crippen LogP contribution in [-0.4, -0.2) is 36.6 Å². The molecule has 3 atom stereocenters. The van der Waals surface area contributed by atoms with Gasteiger partial charge in [0.05, 0.1) is 6.04 Å². The van der Waals surface area contributed by atoms with Crippen molar-refractivity contribution in [2.24, 2.45) is 0 Å². The Kier molecular flexibility index (Phi) is 5.15. The Morgan fingerprint density at radius 1 is 1.35 bits per heavy atom. The van der Waals surface area contributed by atoms with Crippen LogP contribution < -0.4 is 5.32 Å². The molecule has 0 spiro atoms. The number of ether oxygens (including phenoxy) is 1. The average molecular weight is 276 g/mol. The van der Waals surface area contributed by atoms with Crippen LogP contribution in [0.1, 0.15) is 38.4 Å². The van der Waals surface area contributed by atoms with E-state index in [-0.39, 0.29) is 24.2 Å². The highest BCUT2D eigenvalue weighted by atomic mass is 16.5. The number of carbonyl (C=O) groups excluding carboxylic acids is 1. The second-order valence-corrected chi connectivity index (χ2v) is 5.32. The van der Waals surface area contributed by atoms with Gasteiger partial charge in [0.15, 0.2) is 0 Å². The van der Waals surface area contributed by atoms with E-state index in [1.807, 2.05) is 30.0 Å². The van der Waals surface area contributed by atoms with Gasteiger partial charge in [0, 0.05) is 19.8 Å². The van der Waals surface area contributed by atoms with Crippen molar-refractivity contribution in [3.63, 3.8) is 0 Å². The summed E-state index contributed by atoms with van der Waals surface area (Å²) in [5, 5.41) is 3.45. The van der Waals surface area contributed by atoms with Gasteiger partial charge in [-0.3, -0.25) is 10.1 Å². The lowest BCUT2D eigenvalue weighted by atomic mass is 10.1. The second-order valence-electron chi connectivity index (χ2n) is 5.32. The number of amides is 1. The molecule has 1 aromatic rings. The molecule has 1 aliphatic rings. The van der Waals surface area contributed by atoms with Gasteiger partial charge in [-0.15, -0.1) is 0 Å². The van der Waals surface area contributed by atoms with E-state index in [4.69, 9.17) is 4.74 Å². The van der Waals surface area contributed by atoms with Crippen LogP contribution in [0.5, 0.6) is 0 Å². The minimum atomic E-state index is -0.0785. The van der Waals surface area contributed by atoms with Crippen molar-refractivity contribution in [2.75, 3.05) is 13.7 Å². The monoisotopic (exact) mass is 276 g/mol. The Bertz CT molecular complexity index is 435. The second kappa shape index (κ2) is 6.86. The van der Waals surface area contributed by atoms with Crippen LogP contribution in [0.2, 0.25) is 0 Å². The van der Waals surface area contributed by atoms with E-state index in [9.17, 15) is 4.79 Å². The van der Waals surface area contributed by atoms with Crippen molar-refractivity contribution in [3.05, 3.63) is 35.9 Å². The maximum absolute atomic E-state index is 12.5. The Morgan fingerprint density at radius 2 is 2.05 bits per heavy atom. The third-order valence-corrected chi connectivity index (χ3v) is 3.93. The Hall–Kier alpha value is -1.39. The molecular weight excluding hydrogens is 252 g/mol. The molecule has 3 unspecified atom stereocenters. The van der Waals surface area contributed by atoms with Crippen molar-refractivity contribution in [3.8, 4) is 0 Å². The Balaban J connectivity index is 2.21. The SMILES string of the molecule is CCC1NC(c2ccccc2)N(C(C)CCOC)C1=O. The number of hydrogen-bond acceptors (Lipinski definition) is 3. The Labute approximate surface area is 121 Å². The van der Waals surface area contributed by atoms with Gasteiger partial charge in [0.1, 0.15) is 6.17 Å². The summed E-state index contributed by atoms with van der Waals surface area (Å²) in [5.41, 5.74) is 1.14. The molecule has 1 aromatic carbocycles. The van der Waals surface area contributed by atoms with Crippen LogP contribution >= 0.6 is 0 Å². The number of rotatable bonds is 6. The highest BCUT2D eigenvalue weighted by Crippen LogP contribution is 2.29. The van der Waals surface area contributed by atoms with Crippen molar-refractivity contribution >= 4 is 5.91 Å². The predicted octanol–water partition coefficient (Wildman–Crippen LogP) is 2.32. The zero-order valence-electron chi connectivity index (χ0n) is 12.5. The molecule has 1 N–H and O–H groups in total. The summed E-state index contributed by atoms with van der Waals surface area (Å²) in [6.45, 7) is 4.80. The predicted molar refractivity (Wildman–Crippen MR) is 79.2 cm³/mol. The molecule has 1 saturated heterocycles. The number of methoxy groups -OCH3 is 1. The maximum atomic E-state index is 12.5. The third kappa shape index (κ3) is 3.02. The zero-order chi connectivity index (χ0) is 14.5. The maximum Gasteiger partial charge on any atom is 0.241 e. The zero-order valence-corrected chi connectivity index (χ0v) is 12.5. The van der Waals surface area contributed by atoms with Gasteiger partial charge >= 0.3 is 0 Å². The van der Waals surface area contributed by atoms with E-state index in [1.54, 1.807) is 7.11 Å². The van der Waals surface area contributed by atoms with Crippen molar-refractivity contribution in [1.82, 2.24) is 10.2 Å². The first kappa shape index (κ1) is 15.0. The van der Waals surface area contributed by atoms with Crippen LogP contribution in [0.15, 0.2) is 30.3 Å². The first-order chi connectivity index (χ1) is 9.69. The largest absolute Gasteiger partial charge is 0.385 e. The molecule has 0 aromatic heterocycles. The molecule has 2 rings (SSSR count). The number of carbonyl (C=O) groups is 1.